The minimum absolute atomic E-state index is 0.256. The Bertz CT molecular complexity index is 981. The molecule has 0 aliphatic heterocycles. The SMILES string of the molecule is CCOc1ccc2nc(NC(=O)C=Cc3ccc(OC)c(OC)c3)sc2c1. The van der Waals surface area contributed by atoms with Gasteiger partial charge < -0.3 is 14.2 Å². The first-order valence-electron chi connectivity index (χ1n) is 8.37. The number of rotatable bonds is 7. The molecule has 7 heteroatoms. The van der Waals surface area contributed by atoms with E-state index in [0.717, 1.165) is 21.5 Å². The maximum atomic E-state index is 12.2. The predicted molar refractivity (Wildman–Crippen MR) is 108 cm³/mol. The molecule has 0 saturated carbocycles. The highest BCUT2D eigenvalue weighted by molar-refractivity contribution is 7.22. The molecule has 1 amide bonds. The summed E-state index contributed by atoms with van der Waals surface area (Å²) in [5.41, 5.74) is 1.65. The lowest BCUT2D eigenvalue weighted by molar-refractivity contribution is -0.111. The second kappa shape index (κ2) is 8.55. The van der Waals surface area contributed by atoms with Gasteiger partial charge in [0, 0.05) is 6.08 Å². The van der Waals surface area contributed by atoms with Crippen molar-refractivity contribution in [2.24, 2.45) is 0 Å². The summed E-state index contributed by atoms with van der Waals surface area (Å²) in [5, 5.41) is 3.33. The summed E-state index contributed by atoms with van der Waals surface area (Å²) in [5.74, 6) is 1.78. The zero-order valence-corrected chi connectivity index (χ0v) is 16.1. The van der Waals surface area contributed by atoms with Gasteiger partial charge in [0.05, 0.1) is 31.0 Å². The number of hydrogen-bond acceptors (Lipinski definition) is 6. The first kappa shape index (κ1) is 18.7. The maximum absolute atomic E-state index is 12.2. The third-order valence-electron chi connectivity index (χ3n) is 3.74. The lowest BCUT2D eigenvalue weighted by Gasteiger charge is -2.07. The van der Waals surface area contributed by atoms with Crippen molar-refractivity contribution in [2.75, 3.05) is 26.1 Å². The lowest BCUT2D eigenvalue weighted by Crippen LogP contribution is -2.07. The van der Waals surface area contributed by atoms with Gasteiger partial charge in [0.25, 0.3) is 0 Å². The highest BCUT2D eigenvalue weighted by Crippen LogP contribution is 2.30. The van der Waals surface area contributed by atoms with Crippen LogP contribution < -0.4 is 19.5 Å². The number of hydrogen-bond donors (Lipinski definition) is 1. The van der Waals surface area contributed by atoms with Crippen LogP contribution in [0.2, 0.25) is 0 Å². The highest BCUT2D eigenvalue weighted by atomic mass is 32.1. The fourth-order valence-electron chi connectivity index (χ4n) is 2.49. The molecule has 0 aliphatic carbocycles. The molecule has 0 aliphatic rings. The molecule has 3 aromatic rings. The van der Waals surface area contributed by atoms with Crippen LogP contribution in [-0.4, -0.2) is 31.7 Å². The van der Waals surface area contributed by atoms with E-state index >= 15 is 0 Å². The molecule has 1 heterocycles. The largest absolute Gasteiger partial charge is 0.494 e. The smallest absolute Gasteiger partial charge is 0.250 e. The standard InChI is InChI=1S/C20H20N2O4S/c1-4-26-14-7-8-15-18(12-14)27-20(21-15)22-19(23)10-6-13-5-9-16(24-2)17(11-13)25-3/h5-12H,4H2,1-3H3,(H,21,22,23). The first-order valence-corrected chi connectivity index (χ1v) is 9.19. The van der Waals surface area contributed by atoms with Gasteiger partial charge in [0.2, 0.25) is 5.91 Å². The summed E-state index contributed by atoms with van der Waals surface area (Å²) in [6.45, 7) is 2.54. The van der Waals surface area contributed by atoms with Crippen molar-refractivity contribution in [2.45, 2.75) is 6.92 Å². The van der Waals surface area contributed by atoms with Gasteiger partial charge in [-0.05, 0) is 48.9 Å². The van der Waals surface area contributed by atoms with Gasteiger partial charge in [-0.15, -0.1) is 0 Å². The zero-order valence-electron chi connectivity index (χ0n) is 15.3. The zero-order chi connectivity index (χ0) is 19.2. The lowest BCUT2D eigenvalue weighted by atomic mass is 10.2. The number of fused-ring (bicyclic) bond motifs is 1. The minimum atomic E-state index is -0.256. The van der Waals surface area contributed by atoms with Crippen LogP contribution in [0, 0.1) is 0 Å². The number of thiazole rings is 1. The Kier molecular flexibility index (Phi) is 5.93. The van der Waals surface area contributed by atoms with Crippen molar-refractivity contribution < 1.29 is 19.0 Å². The van der Waals surface area contributed by atoms with Gasteiger partial charge in [-0.2, -0.15) is 0 Å². The quantitative estimate of drug-likeness (QED) is 0.613. The molecule has 27 heavy (non-hydrogen) atoms. The van der Waals surface area contributed by atoms with Gasteiger partial charge in [0.15, 0.2) is 16.6 Å². The van der Waals surface area contributed by atoms with E-state index in [1.807, 2.05) is 31.2 Å². The number of methoxy groups -OCH3 is 2. The number of carbonyl (C=O) groups excluding carboxylic acids is 1. The molecule has 0 bridgehead atoms. The molecule has 1 N–H and O–H groups in total. The van der Waals surface area contributed by atoms with Crippen molar-refractivity contribution in [1.29, 1.82) is 0 Å². The molecule has 1 aromatic heterocycles. The molecule has 0 radical (unpaired) electrons. The van der Waals surface area contributed by atoms with E-state index in [9.17, 15) is 4.79 Å². The van der Waals surface area contributed by atoms with E-state index in [2.05, 4.69) is 10.3 Å². The van der Waals surface area contributed by atoms with Gasteiger partial charge in [-0.25, -0.2) is 4.98 Å². The molecule has 0 unspecified atom stereocenters. The molecule has 6 nitrogen and oxygen atoms in total. The van der Waals surface area contributed by atoms with Crippen molar-refractivity contribution >= 4 is 38.7 Å². The summed E-state index contributed by atoms with van der Waals surface area (Å²) in [6.07, 6.45) is 3.16. The number of carbonyl (C=O) groups is 1. The number of ether oxygens (including phenoxy) is 3. The topological polar surface area (TPSA) is 69.7 Å². The van der Waals surface area contributed by atoms with Gasteiger partial charge in [0.1, 0.15) is 5.75 Å². The van der Waals surface area contributed by atoms with Gasteiger partial charge in [-0.3, -0.25) is 10.1 Å². The monoisotopic (exact) mass is 384 g/mol. The van der Waals surface area contributed by atoms with E-state index in [4.69, 9.17) is 14.2 Å². The highest BCUT2D eigenvalue weighted by Gasteiger charge is 2.08. The van der Waals surface area contributed by atoms with Crippen LogP contribution in [0.25, 0.3) is 16.3 Å². The molecule has 2 aromatic carbocycles. The van der Waals surface area contributed by atoms with Crippen LogP contribution in [-0.2, 0) is 4.79 Å². The Morgan fingerprint density at radius 3 is 2.70 bits per heavy atom. The van der Waals surface area contributed by atoms with Gasteiger partial charge >= 0.3 is 0 Å². The van der Waals surface area contributed by atoms with E-state index in [1.54, 1.807) is 32.4 Å². The van der Waals surface area contributed by atoms with Crippen molar-refractivity contribution in [1.82, 2.24) is 4.98 Å². The normalized spacial score (nSPS) is 10.9. The molecular formula is C20H20N2O4S. The number of aromatic nitrogens is 1. The van der Waals surface area contributed by atoms with Crippen molar-refractivity contribution in [3.05, 3.63) is 48.0 Å². The predicted octanol–water partition coefficient (Wildman–Crippen LogP) is 4.36. The minimum Gasteiger partial charge on any atom is -0.494 e. The van der Waals surface area contributed by atoms with Crippen molar-refractivity contribution in [3.63, 3.8) is 0 Å². The van der Waals surface area contributed by atoms with Crippen LogP contribution in [0.1, 0.15) is 12.5 Å². The molecule has 0 saturated heterocycles. The fourth-order valence-corrected chi connectivity index (χ4v) is 3.39. The molecule has 0 atom stereocenters. The van der Waals surface area contributed by atoms with E-state index in [0.29, 0.717) is 23.2 Å². The van der Waals surface area contributed by atoms with Crippen molar-refractivity contribution in [3.8, 4) is 17.2 Å². The average molecular weight is 384 g/mol. The summed E-state index contributed by atoms with van der Waals surface area (Å²) < 4.78 is 16.9. The number of nitrogens with zero attached hydrogens (tertiary/aromatic N) is 1. The molecular weight excluding hydrogens is 364 g/mol. The van der Waals surface area contributed by atoms with Crippen LogP contribution in [0.4, 0.5) is 5.13 Å². The third kappa shape index (κ3) is 4.57. The first-order chi connectivity index (χ1) is 13.1. The second-order valence-corrected chi connectivity index (χ2v) is 6.55. The van der Waals surface area contributed by atoms with Crippen LogP contribution in [0.15, 0.2) is 42.5 Å². The van der Waals surface area contributed by atoms with Gasteiger partial charge in [-0.1, -0.05) is 17.4 Å². The Morgan fingerprint density at radius 2 is 1.96 bits per heavy atom. The molecule has 3 rings (SSSR count). The number of amides is 1. The van der Waals surface area contributed by atoms with Crippen LogP contribution in [0.5, 0.6) is 17.2 Å². The molecule has 140 valence electrons. The average Bonchev–Trinajstić information content (AvgIpc) is 3.07. The van der Waals surface area contributed by atoms with Crippen LogP contribution in [0.3, 0.4) is 0 Å². The number of anilines is 1. The Morgan fingerprint density at radius 1 is 1.15 bits per heavy atom. The summed E-state index contributed by atoms with van der Waals surface area (Å²) in [6, 6.07) is 11.1. The number of benzene rings is 2. The third-order valence-corrected chi connectivity index (χ3v) is 4.67. The molecule has 0 fully saturated rings. The Balaban J connectivity index is 1.70. The maximum Gasteiger partial charge on any atom is 0.250 e. The van der Waals surface area contributed by atoms with E-state index in [1.165, 1.54) is 17.4 Å². The second-order valence-electron chi connectivity index (χ2n) is 5.52. The fraction of sp³-hybridized carbons (Fsp3) is 0.200. The molecule has 0 spiro atoms. The Hall–Kier alpha value is -3.06. The summed E-state index contributed by atoms with van der Waals surface area (Å²) in [4.78, 5) is 16.6. The van der Waals surface area contributed by atoms with E-state index in [-0.39, 0.29) is 5.91 Å². The number of nitrogens with one attached hydrogen (secondary N) is 1. The summed E-state index contributed by atoms with van der Waals surface area (Å²) in [7, 11) is 3.15. The summed E-state index contributed by atoms with van der Waals surface area (Å²) >= 11 is 1.40. The van der Waals surface area contributed by atoms with E-state index < -0.39 is 0 Å². The Labute approximate surface area is 161 Å². The van der Waals surface area contributed by atoms with Crippen LogP contribution >= 0.6 is 11.3 Å².